The van der Waals surface area contributed by atoms with Crippen LogP contribution in [0.15, 0.2) is 12.2 Å². The van der Waals surface area contributed by atoms with Crippen LogP contribution in [-0.2, 0) is 4.74 Å². The maximum absolute atomic E-state index is 11.2. The molecule has 0 rings (SSSR count). The van der Waals surface area contributed by atoms with Gasteiger partial charge in [0, 0.05) is 13.2 Å². The number of hydrogen-bond acceptors (Lipinski definition) is 3. The van der Waals surface area contributed by atoms with E-state index >= 15 is 0 Å². The summed E-state index contributed by atoms with van der Waals surface area (Å²) in [5.74, 6) is 0. The molecule has 1 amide bonds. The molecule has 0 atom stereocenters. The molecule has 0 spiro atoms. The van der Waals surface area contributed by atoms with Gasteiger partial charge in [-0.25, -0.2) is 4.79 Å². The van der Waals surface area contributed by atoms with E-state index in [9.17, 15) is 4.79 Å². The van der Waals surface area contributed by atoms with Gasteiger partial charge in [0.15, 0.2) is 0 Å². The number of hydrogen-bond donors (Lipinski definition) is 2. The van der Waals surface area contributed by atoms with Gasteiger partial charge >= 0.3 is 6.09 Å². The Balaban J connectivity index is 3.45. The molecule has 0 aromatic carbocycles. The van der Waals surface area contributed by atoms with Crippen LogP contribution in [0.1, 0.15) is 40.0 Å². The molecule has 0 aliphatic heterocycles. The molecule has 4 nitrogen and oxygen atoms in total. The highest BCUT2D eigenvalue weighted by Gasteiger charge is 2.14. The van der Waals surface area contributed by atoms with Gasteiger partial charge in [0.2, 0.25) is 0 Å². The largest absolute Gasteiger partial charge is 0.444 e. The first-order valence-corrected chi connectivity index (χ1v) is 5.68. The van der Waals surface area contributed by atoms with Crippen molar-refractivity contribution in [3.05, 3.63) is 12.2 Å². The van der Waals surface area contributed by atoms with E-state index in [1.807, 2.05) is 32.9 Å². The number of amides is 1. The minimum Gasteiger partial charge on any atom is -0.444 e. The summed E-state index contributed by atoms with van der Waals surface area (Å²) < 4.78 is 5.08. The molecule has 4 heteroatoms. The molecule has 0 aliphatic rings. The van der Waals surface area contributed by atoms with E-state index in [0.29, 0.717) is 6.54 Å². The molecule has 0 saturated carbocycles. The second kappa shape index (κ2) is 8.16. The van der Waals surface area contributed by atoms with Gasteiger partial charge in [-0.1, -0.05) is 12.2 Å². The number of aliphatic hydroxyl groups is 1. The topological polar surface area (TPSA) is 58.6 Å². The van der Waals surface area contributed by atoms with E-state index in [1.165, 1.54) is 0 Å². The normalized spacial score (nSPS) is 11.8. The van der Waals surface area contributed by atoms with Crippen molar-refractivity contribution >= 4 is 6.09 Å². The number of alkyl carbamates (subject to hydrolysis) is 1. The van der Waals surface area contributed by atoms with Crippen molar-refractivity contribution in [1.29, 1.82) is 0 Å². The molecular formula is C12H23NO3. The lowest BCUT2D eigenvalue weighted by atomic mass is 10.2. The van der Waals surface area contributed by atoms with Crippen LogP contribution >= 0.6 is 0 Å². The Labute approximate surface area is 97.7 Å². The van der Waals surface area contributed by atoms with Crippen LogP contribution in [0.3, 0.4) is 0 Å². The predicted molar refractivity (Wildman–Crippen MR) is 64.3 cm³/mol. The van der Waals surface area contributed by atoms with Crippen molar-refractivity contribution in [2.24, 2.45) is 0 Å². The van der Waals surface area contributed by atoms with Gasteiger partial charge in [-0.05, 0) is 40.0 Å². The van der Waals surface area contributed by atoms with E-state index in [-0.39, 0.29) is 12.7 Å². The summed E-state index contributed by atoms with van der Waals surface area (Å²) in [5.41, 5.74) is -0.443. The fourth-order valence-corrected chi connectivity index (χ4v) is 1.02. The summed E-state index contributed by atoms with van der Waals surface area (Å²) in [7, 11) is 0. The molecule has 0 unspecified atom stereocenters. The minimum absolute atomic E-state index is 0.223. The zero-order valence-corrected chi connectivity index (χ0v) is 10.5. The number of carbonyl (C=O) groups is 1. The smallest absolute Gasteiger partial charge is 0.407 e. The first kappa shape index (κ1) is 15.0. The highest BCUT2D eigenvalue weighted by Crippen LogP contribution is 2.06. The molecule has 16 heavy (non-hydrogen) atoms. The van der Waals surface area contributed by atoms with Crippen LogP contribution in [0.25, 0.3) is 0 Å². The molecule has 0 fully saturated rings. The lowest BCUT2D eigenvalue weighted by molar-refractivity contribution is 0.0529. The zero-order chi connectivity index (χ0) is 12.4. The average molecular weight is 229 g/mol. The number of unbranched alkanes of at least 4 members (excludes halogenated alkanes) is 1. The first-order valence-electron chi connectivity index (χ1n) is 5.68. The molecule has 2 N–H and O–H groups in total. The molecule has 0 aromatic heterocycles. The van der Waals surface area contributed by atoms with Gasteiger partial charge in [0.05, 0.1) is 0 Å². The SMILES string of the molecule is CC(C)(C)OC(=O)NCC/C=C/CCCO. The van der Waals surface area contributed by atoms with Crippen molar-refractivity contribution in [3.8, 4) is 0 Å². The van der Waals surface area contributed by atoms with Gasteiger partial charge in [-0.3, -0.25) is 0 Å². The van der Waals surface area contributed by atoms with Gasteiger partial charge in [0.1, 0.15) is 5.60 Å². The summed E-state index contributed by atoms with van der Waals surface area (Å²) in [6.45, 7) is 6.30. The van der Waals surface area contributed by atoms with E-state index < -0.39 is 5.60 Å². The Kier molecular flexibility index (Phi) is 7.64. The average Bonchev–Trinajstić information content (AvgIpc) is 2.13. The van der Waals surface area contributed by atoms with Gasteiger partial charge in [0.25, 0.3) is 0 Å². The second-order valence-corrected chi connectivity index (χ2v) is 4.55. The number of nitrogens with one attached hydrogen (secondary N) is 1. The Morgan fingerprint density at radius 3 is 2.50 bits per heavy atom. The fraction of sp³-hybridized carbons (Fsp3) is 0.750. The number of allylic oxidation sites excluding steroid dienone is 1. The van der Waals surface area contributed by atoms with Gasteiger partial charge < -0.3 is 15.2 Å². The third kappa shape index (κ3) is 11.0. The molecular weight excluding hydrogens is 206 g/mol. The summed E-state index contributed by atoms with van der Waals surface area (Å²) >= 11 is 0. The Morgan fingerprint density at radius 1 is 1.31 bits per heavy atom. The van der Waals surface area contributed by atoms with Crippen LogP contribution in [0.4, 0.5) is 4.79 Å². The van der Waals surface area contributed by atoms with Crippen LogP contribution < -0.4 is 5.32 Å². The minimum atomic E-state index is -0.443. The molecule has 0 aromatic rings. The Bertz CT molecular complexity index is 219. The molecule has 94 valence electrons. The van der Waals surface area contributed by atoms with Crippen LogP contribution in [-0.4, -0.2) is 30.0 Å². The van der Waals surface area contributed by atoms with Crippen LogP contribution in [0.2, 0.25) is 0 Å². The number of rotatable bonds is 6. The molecule has 0 radical (unpaired) electrons. The van der Waals surface area contributed by atoms with E-state index in [4.69, 9.17) is 9.84 Å². The van der Waals surface area contributed by atoms with Gasteiger partial charge in [-0.15, -0.1) is 0 Å². The lowest BCUT2D eigenvalue weighted by Gasteiger charge is -2.19. The Hall–Kier alpha value is -1.03. The Morgan fingerprint density at radius 2 is 1.94 bits per heavy atom. The predicted octanol–water partition coefficient (Wildman–Crippen LogP) is 2.23. The summed E-state index contributed by atoms with van der Waals surface area (Å²) in [6, 6.07) is 0. The monoisotopic (exact) mass is 229 g/mol. The van der Waals surface area contributed by atoms with Crippen molar-refractivity contribution < 1.29 is 14.6 Å². The zero-order valence-electron chi connectivity index (χ0n) is 10.5. The summed E-state index contributed by atoms with van der Waals surface area (Å²) in [6.07, 6.45) is 6.07. The van der Waals surface area contributed by atoms with E-state index in [0.717, 1.165) is 19.3 Å². The third-order valence-electron chi connectivity index (χ3n) is 1.67. The first-order chi connectivity index (χ1) is 7.45. The maximum atomic E-state index is 11.2. The number of aliphatic hydroxyl groups excluding tert-OH is 1. The molecule has 0 saturated heterocycles. The van der Waals surface area contributed by atoms with Crippen molar-refractivity contribution in [1.82, 2.24) is 5.32 Å². The van der Waals surface area contributed by atoms with Gasteiger partial charge in [-0.2, -0.15) is 0 Å². The highest BCUT2D eigenvalue weighted by molar-refractivity contribution is 5.67. The summed E-state index contributed by atoms with van der Waals surface area (Å²) in [5, 5.41) is 11.2. The highest BCUT2D eigenvalue weighted by atomic mass is 16.6. The number of ether oxygens (including phenoxy) is 1. The molecule has 0 aliphatic carbocycles. The quantitative estimate of drug-likeness (QED) is 0.542. The standard InChI is InChI=1S/C12H23NO3/c1-12(2,3)16-11(15)13-9-7-5-4-6-8-10-14/h4-5,14H,6-10H2,1-3H3,(H,13,15)/b5-4+. The second-order valence-electron chi connectivity index (χ2n) is 4.55. The molecule has 0 heterocycles. The lowest BCUT2D eigenvalue weighted by Crippen LogP contribution is -2.32. The van der Waals surface area contributed by atoms with Crippen molar-refractivity contribution in [3.63, 3.8) is 0 Å². The fourth-order valence-electron chi connectivity index (χ4n) is 1.02. The van der Waals surface area contributed by atoms with Crippen molar-refractivity contribution in [2.75, 3.05) is 13.2 Å². The van der Waals surface area contributed by atoms with Crippen molar-refractivity contribution in [2.45, 2.75) is 45.6 Å². The third-order valence-corrected chi connectivity index (χ3v) is 1.67. The maximum Gasteiger partial charge on any atom is 0.407 e. The van der Waals surface area contributed by atoms with E-state index in [1.54, 1.807) is 0 Å². The number of carbonyl (C=O) groups excluding carboxylic acids is 1. The van der Waals surface area contributed by atoms with Crippen LogP contribution in [0, 0.1) is 0 Å². The summed E-state index contributed by atoms with van der Waals surface area (Å²) in [4.78, 5) is 11.2. The van der Waals surface area contributed by atoms with E-state index in [2.05, 4.69) is 5.32 Å². The van der Waals surface area contributed by atoms with Crippen LogP contribution in [0.5, 0.6) is 0 Å². The molecule has 0 bridgehead atoms.